The van der Waals surface area contributed by atoms with Crippen LogP contribution in [0.25, 0.3) is 22.3 Å². The predicted octanol–water partition coefficient (Wildman–Crippen LogP) is 6.61. The minimum absolute atomic E-state index is 0.109. The molecule has 132 valence electrons. The Morgan fingerprint density at radius 3 is 1.73 bits per heavy atom. The van der Waals surface area contributed by atoms with Crippen molar-refractivity contribution in [2.75, 3.05) is 0 Å². The summed E-state index contributed by atoms with van der Waals surface area (Å²) in [4.78, 5) is 0. The van der Waals surface area contributed by atoms with Crippen LogP contribution in [0.4, 0.5) is 17.6 Å². The first kappa shape index (κ1) is 17.9. The predicted molar refractivity (Wildman–Crippen MR) is 95.8 cm³/mol. The molecule has 0 heterocycles. The van der Waals surface area contributed by atoms with E-state index in [4.69, 9.17) is 0 Å². The largest absolute Gasteiger partial charge is 0.203 e. The summed E-state index contributed by atoms with van der Waals surface area (Å²) in [5, 5.41) is 0. The van der Waals surface area contributed by atoms with Crippen molar-refractivity contribution >= 4 is 0 Å². The molecule has 0 aliphatic rings. The number of rotatable bonds is 4. The Balaban J connectivity index is 2.00. The van der Waals surface area contributed by atoms with Crippen molar-refractivity contribution in [3.8, 4) is 22.3 Å². The number of aryl methyl sites for hydroxylation is 1. The van der Waals surface area contributed by atoms with Gasteiger partial charge in [-0.1, -0.05) is 54.6 Å². The first-order valence-electron chi connectivity index (χ1n) is 8.07. The number of allylic oxidation sites excluding steroid dienone is 1. The molecule has 0 spiro atoms. The zero-order chi connectivity index (χ0) is 18.8. The summed E-state index contributed by atoms with van der Waals surface area (Å²) in [6, 6.07) is 12.2. The van der Waals surface area contributed by atoms with Gasteiger partial charge in [-0.3, -0.25) is 0 Å². The van der Waals surface area contributed by atoms with Gasteiger partial charge in [0.25, 0.3) is 0 Å². The smallest absolute Gasteiger partial charge is 0.166 e. The van der Waals surface area contributed by atoms with Crippen LogP contribution in [0.1, 0.15) is 11.1 Å². The molecule has 0 saturated heterocycles. The van der Waals surface area contributed by atoms with E-state index in [0.29, 0.717) is 11.1 Å². The summed E-state index contributed by atoms with van der Waals surface area (Å²) in [5.74, 6) is -3.66. The van der Waals surface area contributed by atoms with Crippen LogP contribution in [0.15, 0.2) is 61.2 Å². The summed E-state index contributed by atoms with van der Waals surface area (Å²) in [7, 11) is 0. The van der Waals surface area contributed by atoms with E-state index in [1.165, 1.54) is 37.3 Å². The molecule has 0 atom stereocenters. The number of halogens is 4. The Bertz CT molecular complexity index is 972. The number of hydrogen-bond acceptors (Lipinski definition) is 0. The van der Waals surface area contributed by atoms with Gasteiger partial charge in [0.2, 0.25) is 0 Å². The molecule has 0 unspecified atom stereocenters. The topological polar surface area (TPSA) is 0 Å². The lowest BCUT2D eigenvalue weighted by Crippen LogP contribution is -1.96. The maximum Gasteiger partial charge on any atom is 0.166 e. The Kier molecular flexibility index (Phi) is 4.94. The van der Waals surface area contributed by atoms with Crippen molar-refractivity contribution in [2.24, 2.45) is 0 Å². The van der Waals surface area contributed by atoms with E-state index in [9.17, 15) is 17.6 Å². The van der Waals surface area contributed by atoms with Crippen LogP contribution in [-0.2, 0) is 6.42 Å². The van der Waals surface area contributed by atoms with Crippen molar-refractivity contribution in [3.63, 3.8) is 0 Å². The standard InChI is InChI=1S/C22H16F4/c1-3-4-16-10-12-18(22(26)20(16)24)15-8-6-14(7-9-15)17-11-5-13(2)19(23)21(17)25/h3,5-12H,1,4H2,2H3. The average Bonchev–Trinajstić information content (AvgIpc) is 2.64. The van der Waals surface area contributed by atoms with Crippen molar-refractivity contribution in [1.29, 1.82) is 0 Å². The molecular weight excluding hydrogens is 340 g/mol. The second kappa shape index (κ2) is 7.16. The lowest BCUT2D eigenvalue weighted by Gasteiger charge is -2.10. The minimum Gasteiger partial charge on any atom is -0.203 e. The number of hydrogen-bond donors (Lipinski definition) is 0. The van der Waals surface area contributed by atoms with Crippen LogP contribution in [0, 0.1) is 30.2 Å². The molecule has 4 heteroatoms. The zero-order valence-corrected chi connectivity index (χ0v) is 14.1. The van der Waals surface area contributed by atoms with Crippen molar-refractivity contribution < 1.29 is 17.6 Å². The van der Waals surface area contributed by atoms with Gasteiger partial charge in [-0.05, 0) is 35.6 Å². The van der Waals surface area contributed by atoms with E-state index in [2.05, 4.69) is 6.58 Å². The molecule has 0 saturated carbocycles. The Labute approximate surface area is 149 Å². The molecule has 0 radical (unpaired) electrons. The fraction of sp³-hybridized carbons (Fsp3) is 0.0909. The average molecular weight is 356 g/mol. The number of benzene rings is 3. The Morgan fingerprint density at radius 1 is 0.692 bits per heavy atom. The summed E-state index contributed by atoms with van der Waals surface area (Å²) in [5.41, 5.74) is 1.58. The quantitative estimate of drug-likeness (QED) is 0.364. The summed E-state index contributed by atoms with van der Waals surface area (Å²) in [6.07, 6.45) is 1.74. The van der Waals surface area contributed by atoms with Crippen LogP contribution >= 0.6 is 0 Å². The first-order chi connectivity index (χ1) is 12.4. The molecule has 3 aromatic rings. The maximum atomic E-state index is 14.3. The van der Waals surface area contributed by atoms with Crippen molar-refractivity contribution in [2.45, 2.75) is 13.3 Å². The molecule has 0 N–H and O–H groups in total. The van der Waals surface area contributed by atoms with E-state index in [0.717, 1.165) is 0 Å². The monoisotopic (exact) mass is 356 g/mol. The van der Waals surface area contributed by atoms with E-state index in [1.54, 1.807) is 24.3 Å². The highest BCUT2D eigenvalue weighted by Crippen LogP contribution is 2.31. The fourth-order valence-corrected chi connectivity index (χ4v) is 2.82. The van der Waals surface area contributed by atoms with E-state index < -0.39 is 23.3 Å². The molecule has 26 heavy (non-hydrogen) atoms. The van der Waals surface area contributed by atoms with Crippen LogP contribution in [0.3, 0.4) is 0 Å². The lowest BCUT2D eigenvalue weighted by atomic mass is 9.97. The molecule has 0 nitrogen and oxygen atoms in total. The zero-order valence-electron chi connectivity index (χ0n) is 14.1. The van der Waals surface area contributed by atoms with E-state index in [1.807, 2.05) is 0 Å². The van der Waals surface area contributed by atoms with Gasteiger partial charge in [0, 0.05) is 11.1 Å². The summed E-state index contributed by atoms with van der Waals surface area (Å²) < 4.78 is 56.3. The van der Waals surface area contributed by atoms with Gasteiger partial charge in [0.15, 0.2) is 23.3 Å². The normalized spacial score (nSPS) is 10.8. The van der Waals surface area contributed by atoms with Crippen LogP contribution in [-0.4, -0.2) is 0 Å². The highest BCUT2D eigenvalue weighted by atomic mass is 19.2. The second-order valence-corrected chi connectivity index (χ2v) is 6.03. The van der Waals surface area contributed by atoms with Crippen LogP contribution < -0.4 is 0 Å². The third-order valence-corrected chi connectivity index (χ3v) is 4.31. The van der Waals surface area contributed by atoms with Crippen LogP contribution in [0.5, 0.6) is 0 Å². The molecule has 0 aliphatic carbocycles. The van der Waals surface area contributed by atoms with Crippen molar-refractivity contribution in [3.05, 3.63) is 95.6 Å². The first-order valence-corrected chi connectivity index (χ1v) is 8.07. The summed E-state index contributed by atoms with van der Waals surface area (Å²) in [6.45, 7) is 5.00. The molecule has 0 fully saturated rings. The van der Waals surface area contributed by atoms with Crippen LogP contribution in [0.2, 0.25) is 0 Å². The van der Waals surface area contributed by atoms with Gasteiger partial charge in [-0.15, -0.1) is 6.58 Å². The second-order valence-electron chi connectivity index (χ2n) is 6.03. The van der Waals surface area contributed by atoms with E-state index in [-0.39, 0.29) is 28.7 Å². The SMILES string of the molecule is C=CCc1ccc(-c2ccc(-c3ccc(C)c(F)c3F)cc2)c(F)c1F. The molecule has 0 bridgehead atoms. The molecule has 0 amide bonds. The van der Waals surface area contributed by atoms with Gasteiger partial charge >= 0.3 is 0 Å². The lowest BCUT2D eigenvalue weighted by molar-refractivity contribution is 0.503. The molecular formula is C22H16F4. The Morgan fingerprint density at radius 2 is 1.19 bits per heavy atom. The van der Waals surface area contributed by atoms with E-state index >= 15 is 0 Å². The molecule has 0 aliphatic heterocycles. The minimum atomic E-state index is -0.940. The third kappa shape index (κ3) is 3.15. The third-order valence-electron chi connectivity index (χ3n) is 4.31. The van der Waals surface area contributed by atoms with Gasteiger partial charge in [0.1, 0.15) is 0 Å². The Hall–Kier alpha value is -2.88. The summed E-state index contributed by atoms with van der Waals surface area (Å²) >= 11 is 0. The highest BCUT2D eigenvalue weighted by Gasteiger charge is 2.15. The highest BCUT2D eigenvalue weighted by molar-refractivity contribution is 5.71. The van der Waals surface area contributed by atoms with Gasteiger partial charge < -0.3 is 0 Å². The molecule has 3 rings (SSSR count). The van der Waals surface area contributed by atoms with Gasteiger partial charge in [-0.2, -0.15) is 0 Å². The van der Waals surface area contributed by atoms with Gasteiger partial charge in [-0.25, -0.2) is 17.6 Å². The van der Waals surface area contributed by atoms with Crippen molar-refractivity contribution in [1.82, 2.24) is 0 Å². The fourth-order valence-electron chi connectivity index (χ4n) is 2.82. The molecule has 3 aromatic carbocycles. The van der Waals surface area contributed by atoms with Gasteiger partial charge in [0.05, 0.1) is 0 Å². The molecule has 0 aromatic heterocycles. The maximum absolute atomic E-state index is 14.3.